The smallest absolute Gasteiger partial charge is 0.330 e. The van der Waals surface area contributed by atoms with Crippen molar-refractivity contribution in [3.8, 4) is 0 Å². The van der Waals surface area contributed by atoms with Crippen LogP contribution >= 0.6 is 7.82 Å². The molecule has 1 rings (SSSR count). The van der Waals surface area contributed by atoms with Crippen LogP contribution in [0.1, 0.15) is 45.4 Å². The van der Waals surface area contributed by atoms with E-state index in [4.69, 9.17) is 19.3 Å². The zero-order chi connectivity index (χ0) is 13.3. The van der Waals surface area contributed by atoms with Gasteiger partial charge in [-0.25, -0.2) is 4.57 Å². The van der Waals surface area contributed by atoms with Crippen molar-refractivity contribution in [1.29, 1.82) is 0 Å². The van der Waals surface area contributed by atoms with Crippen molar-refractivity contribution in [2.24, 2.45) is 11.7 Å². The molecular formula is C12H26NO4P. The molecule has 2 N–H and O–H groups in total. The molecule has 1 aliphatic rings. The highest BCUT2D eigenvalue weighted by atomic mass is 31.2. The van der Waals surface area contributed by atoms with E-state index >= 15 is 0 Å². The van der Waals surface area contributed by atoms with Gasteiger partial charge in [0.25, 0.3) is 0 Å². The third kappa shape index (κ3) is 6.30. The molecule has 0 aromatic rings. The molecule has 0 aromatic heterocycles. The number of hydrogen-bond acceptors (Lipinski definition) is 5. The third-order valence-electron chi connectivity index (χ3n) is 3.08. The van der Waals surface area contributed by atoms with Crippen molar-refractivity contribution < 1.29 is 18.1 Å². The predicted octanol–water partition coefficient (Wildman–Crippen LogP) is 3.09. The monoisotopic (exact) mass is 279 g/mol. The fourth-order valence-electron chi connectivity index (χ4n) is 2.08. The van der Waals surface area contributed by atoms with E-state index in [1.54, 1.807) is 6.92 Å². The largest absolute Gasteiger partial charge is 0.474 e. The topological polar surface area (TPSA) is 70.8 Å². The Morgan fingerprint density at radius 1 is 1.17 bits per heavy atom. The summed E-state index contributed by atoms with van der Waals surface area (Å²) in [5.74, 6) is 0.491. The first kappa shape index (κ1) is 16.1. The Balaban J connectivity index is 2.32. The number of phosphoric acid groups is 1. The van der Waals surface area contributed by atoms with Gasteiger partial charge >= 0.3 is 7.82 Å². The Morgan fingerprint density at radius 3 is 2.50 bits per heavy atom. The molecule has 0 aromatic carbocycles. The molecule has 0 heterocycles. The van der Waals surface area contributed by atoms with E-state index in [0.717, 1.165) is 12.8 Å². The van der Waals surface area contributed by atoms with E-state index in [1.165, 1.54) is 19.3 Å². The molecule has 1 fully saturated rings. The molecule has 0 spiro atoms. The van der Waals surface area contributed by atoms with E-state index in [9.17, 15) is 4.57 Å². The lowest BCUT2D eigenvalue weighted by Gasteiger charge is -2.24. The lowest BCUT2D eigenvalue weighted by Crippen LogP contribution is -2.14. The van der Waals surface area contributed by atoms with Gasteiger partial charge in [0.05, 0.1) is 19.8 Å². The van der Waals surface area contributed by atoms with Gasteiger partial charge < -0.3 is 5.73 Å². The normalized spacial score (nSPS) is 20.8. The van der Waals surface area contributed by atoms with Crippen molar-refractivity contribution in [2.45, 2.75) is 45.4 Å². The molecule has 6 heteroatoms. The van der Waals surface area contributed by atoms with Gasteiger partial charge in [0.15, 0.2) is 0 Å². The average molecular weight is 279 g/mol. The Morgan fingerprint density at radius 2 is 1.89 bits per heavy atom. The van der Waals surface area contributed by atoms with Crippen LogP contribution in [0.25, 0.3) is 0 Å². The maximum absolute atomic E-state index is 12.2. The quantitative estimate of drug-likeness (QED) is 0.518. The summed E-state index contributed by atoms with van der Waals surface area (Å²) in [6.45, 7) is 3.40. The van der Waals surface area contributed by atoms with Crippen LogP contribution in [-0.4, -0.2) is 26.4 Å². The summed E-state index contributed by atoms with van der Waals surface area (Å²) in [6.07, 6.45) is 6.72. The SMILES string of the molecule is CCOP(=O)(OCCCN)OCC1CCCCC1. The van der Waals surface area contributed by atoms with Gasteiger partial charge in [0.1, 0.15) is 0 Å². The third-order valence-corrected chi connectivity index (χ3v) is 4.62. The molecular weight excluding hydrogens is 253 g/mol. The predicted molar refractivity (Wildman–Crippen MR) is 71.4 cm³/mol. The number of phosphoric ester groups is 1. The molecule has 1 atom stereocenters. The van der Waals surface area contributed by atoms with Gasteiger partial charge in [-0.15, -0.1) is 0 Å². The summed E-state index contributed by atoms with van der Waals surface area (Å²) in [4.78, 5) is 0. The van der Waals surface area contributed by atoms with Crippen LogP contribution in [0, 0.1) is 5.92 Å². The van der Waals surface area contributed by atoms with E-state index in [2.05, 4.69) is 0 Å². The highest BCUT2D eigenvalue weighted by Gasteiger charge is 2.27. The second kappa shape index (κ2) is 9.05. The van der Waals surface area contributed by atoms with Gasteiger partial charge in [-0.1, -0.05) is 19.3 Å². The molecule has 1 unspecified atom stereocenters. The van der Waals surface area contributed by atoms with Gasteiger partial charge in [-0.2, -0.15) is 0 Å². The molecule has 0 radical (unpaired) electrons. The van der Waals surface area contributed by atoms with E-state index < -0.39 is 7.82 Å². The minimum atomic E-state index is -3.37. The molecule has 0 saturated heterocycles. The van der Waals surface area contributed by atoms with Crippen LogP contribution in [0.3, 0.4) is 0 Å². The molecule has 0 aliphatic heterocycles. The standard InChI is InChI=1S/C12H26NO4P/c1-2-15-18(14,16-10-6-9-13)17-11-12-7-4-3-5-8-12/h12H,2-11,13H2,1H3. The Bertz CT molecular complexity index is 256. The highest BCUT2D eigenvalue weighted by molar-refractivity contribution is 7.48. The van der Waals surface area contributed by atoms with Crippen molar-refractivity contribution in [3.63, 3.8) is 0 Å². The lowest BCUT2D eigenvalue weighted by molar-refractivity contribution is 0.0957. The van der Waals surface area contributed by atoms with Gasteiger partial charge in [-0.3, -0.25) is 13.6 Å². The van der Waals surface area contributed by atoms with Gasteiger partial charge in [0, 0.05) is 0 Å². The summed E-state index contributed by atoms with van der Waals surface area (Å²) in [7, 11) is -3.37. The van der Waals surface area contributed by atoms with Crippen LogP contribution in [0.15, 0.2) is 0 Å². The summed E-state index contributed by atoms with van der Waals surface area (Å²) >= 11 is 0. The van der Waals surface area contributed by atoms with Crippen LogP contribution in [0.5, 0.6) is 0 Å². The Kier molecular flexibility index (Phi) is 8.11. The summed E-state index contributed by atoms with van der Waals surface area (Å²) in [6, 6.07) is 0. The molecule has 0 bridgehead atoms. The van der Waals surface area contributed by atoms with Crippen molar-refractivity contribution in [2.75, 3.05) is 26.4 Å². The Hall–Kier alpha value is 0.0700. The van der Waals surface area contributed by atoms with Crippen molar-refractivity contribution >= 4 is 7.82 Å². The average Bonchev–Trinajstić information content (AvgIpc) is 2.39. The Labute approximate surface area is 110 Å². The number of nitrogens with two attached hydrogens (primary N) is 1. The zero-order valence-corrected chi connectivity index (χ0v) is 12.2. The summed E-state index contributed by atoms with van der Waals surface area (Å²) < 4.78 is 28.0. The number of hydrogen-bond donors (Lipinski definition) is 1. The fraction of sp³-hybridized carbons (Fsp3) is 1.00. The zero-order valence-electron chi connectivity index (χ0n) is 11.3. The first-order valence-corrected chi connectivity index (χ1v) is 8.40. The molecule has 5 nitrogen and oxygen atoms in total. The molecule has 0 amide bonds. The van der Waals surface area contributed by atoms with Crippen LogP contribution in [0.2, 0.25) is 0 Å². The molecule has 1 saturated carbocycles. The fourth-order valence-corrected chi connectivity index (χ4v) is 3.37. The maximum atomic E-state index is 12.2. The summed E-state index contributed by atoms with van der Waals surface area (Å²) in [5.41, 5.74) is 5.37. The first-order valence-electron chi connectivity index (χ1n) is 6.94. The van der Waals surface area contributed by atoms with Gasteiger partial charge in [-0.05, 0) is 38.6 Å². The van der Waals surface area contributed by atoms with Crippen molar-refractivity contribution in [3.05, 3.63) is 0 Å². The number of rotatable bonds is 9. The maximum Gasteiger partial charge on any atom is 0.474 e. The van der Waals surface area contributed by atoms with E-state index in [0.29, 0.717) is 38.7 Å². The second-order valence-electron chi connectivity index (χ2n) is 4.64. The molecule has 1 aliphatic carbocycles. The van der Waals surface area contributed by atoms with E-state index in [1.807, 2.05) is 0 Å². The van der Waals surface area contributed by atoms with E-state index in [-0.39, 0.29) is 0 Å². The van der Waals surface area contributed by atoms with Crippen LogP contribution < -0.4 is 5.73 Å². The highest BCUT2D eigenvalue weighted by Crippen LogP contribution is 2.50. The summed E-state index contributed by atoms with van der Waals surface area (Å²) in [5, 5.41) is 0. The van der Waals surface area contributed by atoms with Crippen LogP contribution in [0.4, 0.5) is 0 Å². The minimum absolute atomic E-state index is 0.318. The molecule has 108 valence electrons. The lowest BCUT2D eigenvalue weighted by atomic mass is 9.90. The molecule has 18 heavy (non-hydrogen) atoms. The van der Waals surface area contributed by atoms with Gasteiger partial charge in [0.2, 0.25) is 0 Å². The first-order chi connectivity index (χ1) is 8.70. The van der Waals surface area contributed by atoms with Crippen LogP contribution in [-0.2, 0) is 18.1 Å². The second-order valence-corrected chi connectivity index (χ2v) is 6.31. The minimum Gasteiger partial charge on any atom is -0.330 e. The van der Waals surface area contributed by atoms with Crippen molar-refractivity contribution in [1.82, 2.24) is 0 Å².